The van der Waals surface area contributed by atoms with Gasteiger partial charge in [-0.1, -0.05) is 28.9 Å². The van der Waals surface area contributed by atoms with Crippen molar-refractivity contribution in [2.75, 3.05) is 11.9 Å². The summed E-state index contributed by atoms with van der Waals surface area (Å²) in [7, 11) is 0. The largest absolute Gasteiger partial charge is 0.387 e. The summed E-state index contributed by atoms with van der Waals surface area (Å²) in [5, 5.41) is 9.83. The molecule has 0 aromatic heterocycles. The van der Waals surface area contributed by atoms with Crippen molar-refractivity contribution in [1.29, 1.82) is 0 Å². The van der Waals surface area contributed by atoms with E-state index in [9.17, 15) is 4.79 Å². The van der Waals surface area contributed by atoms with Gasteiger partial charge in [-0.15, -0.1) is 0 Å². The quantitative estimate of drug-likeness (QED) is 0.894. The van der Waals surface area contributed by atoms with Gasteiger partial charge in [0.05, 0.1) is 23.0 Å². The molecule has 0 spiro atoms. The van der Waals surface area contributed by atoms with Crippen LogP contribution in [0.25, 0.3) is 0 Å². The van der Waals surface area contributed by atoms with Crippen molar-refractivity contribution in [1.82, 2.24) is 5.32 Å². The fraction of sp³-hybridized carbons (Fsp3) is 0.385. The average molecular weight is 282 g/mol. The molecule has 1 atom stereocenters. The number of benzene rings is 1. The number of hydrogen-bond donors (Lipinski definition) is 2. The number of urea groups is 1. The molecule has 0 bridgehead atoms. The molecule has 0 saturated carbocycles. The van der Waals surface area contributed by atoms with E-state index in [1.807, 2.05) is 13.8 Å². The van der Waals surface area contributed by atoms with Crippen LogP contribution in [-0.2, 0) is 4.84 Å². The topological polar surface area (TPSA) is 62.7 Å². The Kier molecular flexibility index (Phi) is 3.95. The standard InChI is InChI=1S/C13H16ClN3O2/c1-9-7-13(2,19-17-9)8-15-12(18)16-11-6-4-3-5-10(11)14/h3-6H,7-8H2,1-2H3,(H2,15,16,18). The second-order valence-electron chi connectivity index (χ2n) is 4.83. The molecule has 102 valence electrons. The van der Waals surface area contributed by atoms with E-state index in [4.69, 9.17) is 16.4 Å². The van der Waals surface area contributed by atoms with Crippen LogP contribution < -0.4 is 10.6 Å². The Morgan fingerprint density at radius 2 is 2.26 bits per heavy atom. The van der Waals surface area contributed by atoms with E-state index in [0.29, 0.717) is 23.7 Å². The van der Waals surface area contributed by atoms with Crippen molar-refractivity contribution in [3.63, 3.8) is 0 Å². The van der Waals surface area contributed by atoms with E-state index < -0.39 is 5.60 Å². The lowest BCUT2D eigenvalue weighted by Gasteiger charge is -2.21. The first kappa shape index (κ1) is 13.7. The van der Waals surface area contributed by atoms with Crippen LogP contribution in [0.2, 0.25) is 5.02 Å². The summed E-state index contributed by atoms with van der Waals surface area (Å²) in [5.41, 5.74) is 1.03. The Hall–Kier alpha value is -1.75. The van der Waals surface area contributed by atoms with Gasteiger partial charge in [0.25, 0.3) is 0 Å². The maximum atomic E-state index is 11.8. The maximum absolute atomic E-state index is 11.8. The Morgan fingerprint density at radius 3 is 2.89 bits per heavy atom. The van der Waals surface area contributed by atoms with Crippen molar-refractivity contribution in [2.45, 2.75) is 25.9 Å². The smallest absolute Gasteiger partial charge is 0.319 e. The zero-order valence-electron chi connectivity index (χ0n) is 10.9. The van der Waals surface area contributed by atoms with Gasteiger partial charge < -0.3 is 15.5 Å². The number of nitrogens with zero attached hydrogens (tertiary/aromatic N) is 1. The summed E-state index contributed by atoms with van der Waals surface area (Å²) in [4.78, 5) is 17.1. The molecule has 0 saturated heterocycles. The Bertz CT molecular complexity index is 518. The van der Waals surface area contributed by atoms with Crippen LogP contribution in [0.15, 0.2) is 29.4 Å². The molecule has 6 heteroatoms. The molecular weight excluding hydrogens is 266 g/mol. The number of halogens is 1. The fourth-order valence-electron chi connectivity index (χ4n) is 1.88. The lowest BCUT2D eigenvalue weighted by atomic mass is 10.0. The van der Waals surface area contributed by atoms with Crippen LogP contribution >= 0.6 is 11.6 Å². The highest BCUT2D eigenvalue weighted by Gasteiger charge is 2.32. The normalized spacial score (nSPS) is 21.5. The van der Waals surface area contributed by atoms with Crippen LogP contribution in [0.3, 0.4) is 0 Å². The van der Waals surface area contributed by atoms with Crippen LogP contribution in [0, 0.1) is 0 Å². The van der Waals surface area contributed by atoms with E-state index in [1.165, 1.54) is 0 Å². The third kappa shape index (κ3) is 3.61. The Morgan fingerprint density at radius 1 is 1.53 bits per heavy atom. The monoisotopic (exact) mass is 281 g/mol. The van der Waals surface area contributed by atoms with E-state index in [1.54, 1.807) is 24.3 Å². The van der Waals surface area contributed by atoms with Gasteiger partial charge in [0.2, 0.25) is 0 Å². The number of carbonyl (C=O) groups is 1. The van der Waals surface area contributed by atoms with Gasteiger partial charge in [-0.05, 0) is 26.0 Å². The Labute approximate surface area is 117 Å². The minimum absolute atomic E-state index is 0.317. The number of carbonyl (C=O) groups excluding carboxylic acids is 1. The number of amides is 2. The molecular formula is C13H16ClN3O2. The molecule has 0 radical (unpaired) electrons. The molecule has 1 aromatic carbocycles. The number of rotatable bonds is 3. The van der Waals surface area contributed by atoms with Gasteiger partial charge in [-0.25, -0.2) is 4.79 Å². The SMILES string of the molecule is CC1=NOC(C)(CNC(=O)Nc2ccccc2Cl)C1. The van der Waals surface area contributed by atoms with Crippen molar-refractivity contribution < 1.29 is 9.63 Å². The zero-order valence-corrected chi connectivity index (χ0v) is 11.6. The van der Waals surface area contributed by atoms with E-state index >= 15 is 0 Å². The summed E-state index contributed by atoms with van der Waals surface area (Å²) in [6.07, 6.45) is 0.708. The molecule has 5 nitrogen and oxygen atoms in total. The number of anilines is 1. The van der Waals surface area contributed by atoms with Gasteiger partial charge in [-0.2, -0.15) is 0 Å². The highest BCUT2D eigenvalue weighted by atomic mass is 35.5. The predicted octanol–water partition coefficient (Wildman–Crippen LogP) is 3.02. The number of hydrogen-bond acceptors (Lipinski definition) is 3. The number of oxime groups is 1. The molecule has 0 aliphatic carbocycles. The molecule has 1 heterocycles. The first-order valence-electron chi connectivity index (χ1n) is 5.99. The number of nitrogens with one attached hydrogen (secondary N) is 2. The number of para-hydroxylation sites is 1. The maximum Gasteiger partial charge on any atom is 0.319 e. The summed E-state index contributed by atoms with van der Waals surface area (Å²) >= 11 is 5.96. The highest BCUT2D eigenvalue weighted by molar-refractivity contribution is 6.33. The molecule has 2 amide bonds. The van der Waals surface area contributed by atoms with Crippen LogP contribution in [0.5, 0.6) is 0 Å². The predicted molar refractivity (Wildman–Crippen MR) is 75.7 cm³/mol. The second kappa shape index (κ2) is 5.48. The van der Waals surface area contributed by atoms with E-state index in [-0.39, 0.29) is 6.03 Å². The highest BCUT2D eigenvalue weighted by Crippen LogP contribution is 2.23. The summed E-state index contributed by atoms with van der Waals surface area (Å²) in [6.45, 7) is 4.18. The second-order valence-corrected chi connectivity index (χ2v) is 5.24. The molecule has 1 unspecified atom stereocenters. The minimum Gasteiger partial charge on any atom is -0.387 e. The first-order valence-corrected chi connectivity index (χ1v) is 6.37. The van der Waals surface area contributed by atoms with Gasteiger partial charge in [0.15, 0.2) is 5.60 Å². The summed E-state index contributed by atoms with van der Waals surface area (Å²) in [6, 6.07) is 6.75. The van der Waals surface area contributed by atoms with Crippen molar-refractivity contribution >= 4 is 29.0 Å². The molecule has 19 heavy (non-hydrogen) atoms. The minimum atomic E-state index is -0.470. The molecule has 2 N–H and O–H groups in total. The third-order valence-corrected chi connectivity index (χ3v) is 3.13. The van der Waals surface area contributed by atoms with Crippen molar-refractivity contribution in [3.05, 3.63) is 29.3 Å². The van der Waals surface area contributed by atoms with Crippen LogP contribution in [0.4, 0.5) is 10.5 Å². The lowest BCUT2D eigenvalue weighted by Crippen LogP contribution is -2.42. The third-order valence-electron chi connectivity index (χ3n) is 2.80. The van der Waals surface area contributed by atoms with Gasteiger partial charge in [-0.3, -0.25) is 0 Å². The molecule has 1 aliphatic rings. The van der Waals surface area contributed by atoms with Gasteiger partial charge >= 0.3 is 6.03 Å². The van der Waals surface area contributed by atoms with Crippen molar-refractivity contribution in [2.24, 2.45) is 5.16 Å². The van der Waals surface area contributed by atoms with Crippen molar-refractivity contribution in [3.8, 4) is 0 Å². The molecule has 1 aliphatic heterocycles. The van der Waals surface area contributed by atoms with Crippen LogP contribution in [-0.4, -0.2) is 23.9 Å². The molecule has 0 fully saturated rings. The van der Waals surface area contributed by atoms with Gasteiger partial charge in [0.1, 0.15) is 0 Å². The first-order chi connectivity index (χ1) is 8.98. The summed E-state index contributed by atoms with van der Waals surface area (Å²) < 4.78 is 0. The fourth-order valence-corrected chi connectivity index (χ4v) is 2.07. The Balaban J connectivity index is 1.84. The molecule has 1 aromatic rings. The van der Waals surface area contributed by atoms with E-state index in [2.05, 4.69) is 15.8 Å². The summed E-state index contributed by atoms with van der Waals surface area (Å²) in [5.74, 6) is 0. The van der Waals surface area contributed by atoms with Crippen LogP contribution in [0.1, 0.15) is 20.3 Å². The van der Waals surface area contributed by atoms with Gasteiger partial charge in [0, 0.05) is 6.42 Å². The lowest BCUT2D eigenvalue weighted by molar-refractivity contribution is -0.0000957. The average Bonchev–Trinajstić information content (AvgIpc) is 2.71. The zero-order chi connectivity index (χ0) is 13.9. The molecule has 2 rings (SSSR count). The van der Waals surface area contributed by atoms with E-state index in [0.717, 1.165) is 5.71 Å².